The number of rotatable bonds is 3. The highest BCUT2D eigenvalue weighted by Crippen LogP contribution is 2.39. The molecule has 1 fully saturated rings. The molecule has 1 aliphatic rings. The first kappa shape index (κ1) is 17.0. The summed E-state index contributed by atoms with van der Waals surface area (Å²) in [6, 6.07) is 0. The largest absolute Gasteiger partial charge is 0.492 e. The van der Waals surface area contributed by atoms with Crippen molar-refractivity contribution in [2.75, 3.05) is 6.61 Å². The van der Waals surface area contributed by atoms with Gasteiger partial charge >= 0.3 is 13.3 Å². The van der Waals surface area contributed by atoms with Crippen LogP contribution >= 0.6 is 0 Å². The standard InChI is InChI=1S/C13H18BF3N2O3/c1-11(2)12(3,4)22-14(21-11)9(7-20)5-8-6-18-19-10(8)13(15,16)17/h5-6,20H,7H2,1-4H3,(H,18,19). The minimum absolute atomic E-state index is 0.175. The fourth-order valence-corrected chi connectivity index (χ4v) is 2.01. The van der Waals surface area contributed by atoms with Gasteiger partial charge in [-0.15, -0.1) is 0 Å². The van der Waals surface area contributed by atoms with Crippen LogP contribution in [0.25, 0.3) is 6.08 Å². The third kappa shape index (κ3) is 3.06. The minimum Gasteiger partial charge on any atom is -0.400 e. The second-order valence-corrected chi connectivity index (χ2v) is 6.16. The van der Waals surface area contributed by atoms with E-state index in [9.17, 15) is 18.3 Å². The molecule has 0 amide bonds. The van der Waals surface area contributed by atoms with Crippen molar-refractivity contribution in [2.24, 2.45) is 0 Å². The van der Waals surface area contributed by atoms with Crippen LogP contribution in [0.1, 0.15) is 39.0 Å². The Morgan fingerprint density at radius 2 is 1.86 bits per heavy atom. The third-order valence-electron chi connectivity index (χ3n) is 4.03. The summed E-state index contributed by atoms with van der Waals surface area (Å²) < 4.78 is 50.0. The van der Waals surface area contributed by atoms with Crippen LogP contribution in [-0.4, -0.2) is 40.2 Å². The maximum atomic E-state index is 12.8. The van der Waals surface area contributed by atoms with Gasteiger partial charge in [-0.05, 0) is 33.2 Å². The fourth-order valence-electron chi connectivity index (χ4n) is 2.01. The van der Waals surface area contributed by atoms with Crippen molar-refractivity contribution in [3.63, 3.8) is 0 Å². The van der Waals surface area contributed by atoms with Crippen molar-refractivity contribution in [3.8, 4) is 0 Å². The van der Waals surface area contributed by atoms with Gasteiger partial charge in [-0.3, -0.25) is 5.10 Å². The SMILES string of the molecule is CC1(C)OB(C(=Cc2cn[nH]c2C(F)(F)F)CO)OC1(C)C. The lowest BCUT2D eigenvalue weighted by molar-refractivity contribution is -0.141. The van der Waals surface area contributed by atoms with Gasteiger partial charge in [-0.2, -0.15) is 18.3 Å². The highest BCUT2D eigenvalue weighted by Gasteiger charge is 2.52. The molecule has 1 saturated heterocycles. The molecule has 0 aliphatic carbocycles. The zero-order valence-corrected chi connectivity index (χ0v) is 12.8. The monoisotopic (exact) mass is 318 g/mol. The summed E-state index contributed by atoms with van der Waals surface area (Å²) in [4.78, 5) is 0. The normalized spacial score (nSPS) is 21.5. The first-order valence-electron chi connectivity index (χ1n) is 6.75. The van der Waals surface area contributed by atoms with Crippen LogP contribution in [0.15, 0.2) is 11.7 Å². The number of aromatic amines is 1. The molecule has 0 atom stereocenters. The average Bonchev–Trinajstić information content (AvgIpc) is 2.89. The Hall–Kier alpha value is -1.32. The van der Waals surface area contributed by atoms with Gasteiger partial charge in [-0.25, -0.2) is 0 Å². The van der Waals surface area contributed by atoms with E-state index < -0.39 is 36.8 Å². The van der Waals surface area contributed by atoms with E-state index in [1.807, 2.05) is 32.8 Å². The molecule has 22 heavy (non-hydrogen) atoms. The highest BCUT2D eigenvalue weighted by molar-refractivity contribution is 6.55. The molecule has 0 radical (unpaired) electrons. The molecule has 2 rings (SSSR count). The van der Waals surface area contributed by atoms with Gasteiger partial charge < -0.3 is 14.4 Å². The van der Waals surface area contributed by atoms with Crippen molar-refractivity contribution in [1.82, 2.24) is 10.2 Å². The smallest absolute Gasteiger partial charge is 0.400 e. The fraction of sp³-hybridized carbons (Fsp3) is 0.615. The lowest BCUT2D eigenvalue weighted by atomic mass is 9.77. The summed E-state index contributed by atoms with van der Waals surface area (Å²) in [5.74, 6) is 0. The Labute approximate surface area is 126 Å². The second-order valence-electron chi connectivity index (χ2n) is 6.16. The lowest BCUT2D eigenvalue weighted by Gasteiger charge is -2.32. The van der Waals surface area contributed by atoms with E-state index in [4.69, 9.17) is 9.31 Å². The van der Waals surface area contributed by atoms with Gasteiger partial charge in [0.25, 0.3) is 0 Å². The van der Waals surface area contributed by atoms with Gasteiger partial charge in [0.05, 0.1) is 24.0 Å². The van der Waals surface area contributed by atoms with Crippen LogP contribution in [0.5, 0.6) is 0 Å². The molecule has 1 aromatic heterocycles. The van der Waals surface area contributed by atoms with Crippen LogP contribution in [0, 0.1) is 0 Å². The molecule has 0 saturated carbocycles. The van der Waals surface area contributed by atoms with E-state index in [0.717, 1.165) is 6.20 Å². The summed E-state index contributed by atoms with van der Waals surface area (Å²) in [6.07, 6.45) is -2.32. The second kappa shape index (κ2) is 5.40. The quantitative estimate of drug-likeness (QED) is 0.840. The molecule has 0 bridgehead atoms. The first-order valence-corrected chi connectivity index (χ1v) is 6.75. The molecule has 122 valence electrons. The maximum Gasteiger partial charge on any atom is 0.492 e. The Morgan fingerprint density at radius 1 is 1.32 bits per heavy atom. The maximum absolute atomic E-state index is 12.8. The van der Waals surface area contributed by atoms with Gasteiger partial charge in [0.15, 0.2) is 0 Å². The van der Waals surface area contributed by atoms with Crippen molar-refractivity contribution in [1.29, 1.82) is 0 Å². The van der Waals surface area contributed by atoms with E-state index in [2.05, 4.69) is 5.10 Å². The van der Waals surface area contributed by atoms with Crippen molar-refractivity contribution >= 4 is 13.2 Å². The number of aromatic nitrogens is 2. The van der Waals surface area contributed by atoms with Gasteiger partial charge in [-0.1, -0.05) is 6.08 Å². The predicted octanol–water partition coefficient (Wildman–Crippen LogP) is 2.44. The number of nitrogens with zero attached hydrogens (tertiary/aromatic N) is 1. The number of aliphatic hydroxyl groups excluding tert-OH is 1. The molecule has 0 unspecified atom stereocenters. The number of halogens is 3. The number of H-pyrrole nitrogens is 1. The van der Waals surface area contributed by atoms with E-state index >= 15 is 0 Å². The molecular formula is C13H18BF3N2O3. The van der Waals surface area contributed by atoms with Gasteiger partial charge in [0.1, 0.15) is 5.69 Å². The Morgan fingerprint density at radius 3 is 2.32 bits per heavy atom. The van der Waals surface area contributed by atoms with Crippen molar-refractivity contribution < 1.29 is 27.6 Å². The summed E-state index contributed by atoms with van der Waals surface area (Å²) in [6.45, 7) is 6.79. The molecule has 2 N–H and O–H groups in total. The Balaban J connectivity index is 2.33. The van der Waals surface area contributed by atoms with Crippen LogP contribution in [-0.2, 0) is 15.5 Å². The third-order valence-corrected chi connectivity index (χ3v) is 4.03. The zero-order chi connectivity index (χ0) is 16.8. The van der Waals surface area contributed by atoms with E-state index in [-0.39, 0.29) is 11.0 Å². The van der Waals surface area contributed by atoms with Gasteiger partial charge in [0.2, 0.25) is 0 Å². The molecule has 0 spiro atoms. The number of hydrogen-bond donors (Lipinski definition) is 2. The Bertz CT molecular complexity index is 565. The van der Waals surface area contributed by atoms with Crippen LogP contribution in [0.2, 0.25) is 0 Å². The van der Waals surface area contributed by atoms with E-state index in [1.165, 1.54) is 6.08 Å². The van der Waals surface area contributed by atoms with Crippen molar-refractivity contribution in [2.45, 2.75) is 45.1 Å². The molecule has 2 heterocycles. The number of hydrogen-bond acceptors (Lipinski definition) is 4. The minimum atomic E-state index is -4.56. The lowest BCUT2D eigenvalue weighted by Crippen LogP contribution is -2.41. The summed E-state index contributed by atoms with van der Waals surface area (Å²) >= 11 is 0. The summed E-state index contributed by atoms with van der Waals surface area (Å²) in [7, 11) is -0.911. The molecule has 5 nitrogen and oxygen atoms in total. The van der Waals surface area contributed by atoms with Crippen LogP contribution in [0.3, 0.4) is 0 Å². The molecule has 0 aromatic carbocycles. The number of nitrogens with one attached hydrogen (secondary N) is 1. The molecule has 1 aromatic rings. The molecular weight excluding hydrogens is 300 g/mol. The number of alkyl halides is 3. The first-order chi connectivity index (χ1) is 9.98. The van der Waals surface area contributed by atoms with Crippen molar-refractivity contribution in [3.05, 3.63) is 22.9 Å². The van der Waals surface area contributed by atoms with E-state index in [1.54, 1.807) is 0 Å². The predicted molar refractivity (Wildman–Crippen MR) is 74.7 cm³/mol. The van der Waals surface area contributed by atoms with E-state index in [0.29, 0.717) is 0 Å². The van der Waals surface area contributed by atoms with Crippen LogP contribution < -0.4 is 0 Å². The molecule has 1 aliphatic heterocycles. The number of aliphatic hydroxyl groups is 1. The summed E-state index contributed by atoms with van der Waals surface area (Å²) in [5, 5.41) is 14.8. The summed E-state index contributed by atoms with van der Waals surface area (Å²) in [5.41, 5.74) is -2.24. The zero-order valence-electron chi connectivity index (χ0n) is 12.8. The topological polar surface area (TPSA) is 67.4 Å². The van der Waals surface area contributed by atoms with Gasteiger partial charge in [0, 0.05) is 5.56 Å². The highest BCUT2D eigenvalue weighted by atomic mass is 19.4. The molecule has 9 heteroatoms. The Kier molecular flexibility index (Phi) is 4.18. The van der Waals surface area contributed by atoms with Crippen LogP contribution in [0.4, 0.5) is 13.2 Å². The average molecular weight is 318 g/mol.